The summed E-state index contributed by atoms with van der Waals surface area (Å²) >= 11 is 0. The summed E-state index contributed by atoms with van der Waals surface area (Å²) in [6.07, 6.45) is 6.22. The molecule has 0 aliphatic heterocycles. The van der Waals surface area contributed by atoms with Crippen LogP contribution in [-0.2, 0) is 16.6 Å². The molecule has 18 heavy (non-hydrogen) atoms. The quantitative estimate of drug-likeness (QED) is 0.899. The number of sulfonamides is 1. The summed E-state index contributed by atoms with van der Waals surface area (Å²) in [6, 6.07) is 7.45. The molecule has 0 aliphatic rings. The van der Waals surface area contributed by atoms with Crippen molar-refractivity contribution in [1.29, 1.82) is 0 Å². The van der Waals surface area contributed by atoms with E-state index >= 15 is 0 Å². The molecule has 0 aromatic carbocycles. The van der Waals surface area contributed by atoms with Crippen LogP contribution in [0.25, 0.3) is 11.3 Å². The lowest BCUT2D eigenvalue weighted by Crippen LogP contribution is -2.21. The van der Waals surface area contributed by atoms with Crippen LogP contribution in [0.2, 0.25) is 0 Å². The molecule has 0 saturated heterocycles. The number of aromatic nitrogens is 2. The van der Waals surface area contributed by atoms with E-state index in [1.165, 1.54) is 0 Å². The van der Waals surface area contributed by atoms with Gasteiger partial charge in [0.1, 0.15) is 0 Å². The Morgan fingerprint density at radius 2 is 2.06 bits per heavy atom. The van der Waals surface area contributed by atoms with Crippen LogP contribution >= 0.6 is 0 Å². The van der Waals surface area contributed by atoms with Crippen LogP contribution in [0.4, 0.5) is 0 Å². The van der Waals surface area contributed by atoms with Crippen LogP contribution in [0, 0.1) is 0 Å². The van der Waals surface area contributed by atoms with E-state index < -0.39 is 10.0 Å². The highest BCUT2D eigenvalue weighted by molar-refractivity contribution is 7.88. The highest BCUT2D eigenvalue weighted by atomic mass is 32.2. The van der Waals surface area contributed by atoms with Gasteiger partial charge in [0.15, 0.2) is 0 Å². The zero-order chi connectivity index (χ0) is 13.0. The summed E-state index contributed by atoms with van der Waals surface area (Å²) in [7, 11) is -3.17. The molecule has 0 radical (unpaired) electrons. The SMILES string of the molecule is CS(=O)(=O)NCc1ccc(-c2cccnc2)nc1. The average molecular weight is 263 g/mol. The second-order valence-electron chi connectivity index (χ2n) is 3.89. The Bertz CT molecular complexity index is 610. The minimum absolute atomic E-state index is 0.249. The van der Waals surface area contributed by atoms with Gasteiger partial charge in [-0.25, -0.2) is 13.1 Å². The van der Waals surface area contributed by atoms with Crippen molar-refractivity contribution in [3.63, 3.8) is 0 Å². The van der Waals surface area contributed by atoms with Gasteiger partial charge in [-0.05, 0) is 23.8 Å². The third-order valence-corrected chi connectivity index (χ3v) is 2.99. The molecule has 5 nitrogen and oxygen atoms in total. The average Bonchev–Trinajstić information content (AvgIpc) is 2.37. The molecule has 0 bridgehead atoms. The lowest BCUT2D eigenvalue weighted by atomic mass is 10.1. The van der Waals surface area contributed by atoms with Gasteiger partial charge in [0.05, 0.1) is 11.9 Å². The lowest BCUT2D eigenvalue weighted by molar-refractivity contribution is 0.587. The van der Waals surface area contributed by atoms with Crippen molar-refractivity contribution in [2.45, 2.75) is 6.54 Å². The summed E-state index contributed by atoms with van der Waals surface area (Å²) in [6.45, 7) is 0.249. The number of hydrogen-bond acceptors (Lipinski definition) is 4. The van der Waals surface area contributed by atoms with Gasteiger partial charge >= 0.3 is 0 Å². The number of nitrogens with zero attached hydrogens (tertiary/aromatic N) is 2. The van der Waals surface area contributed by atoms with Crippen molar-refractivity contribution in [3.8, 4) is 11.3 Å². The van der Waals surface area contributed by atoms with E-state index in [2.05, 4.69) is 14.7 Å². The van der Waals surface area contributed by atoms with Crippen molar-refractivity contribution in [2.24, 2.45) is 0 Å². The fraction of sp³-hybridized carbons (Fsp3) is 0.167. The third-order valence-electron chi connectivity index (χ3n) is 2.32. The molecular weight excluding hydrogens is 250 g/mol. The summed E-state index contributed by atoms with van der Waals surface area (Å²) in [5, 5.41) is 0. The molecule has 0 unspecified atom stereocenters. The van der Waals surface area contributed by atoms with E-state index in [0.717, 1.165) is 23.1 Å². The molecule has 6 heteroatoms. The lowest BCUT2D eigenvalue weighted by Gasteiger charge is -2.04. The largest absolute Gasteiger partial charge is 0.264 e. The minimum atomic E-state index is -3.17. The molecule has 0 fully saturated rings. The van der Waals surface area contributed by atoms with Crippen molar-refractivity contribution < 1.29 is 8.42 Å². The Hall–Kier alpha value is -1.79. The maximum absolute atomic E-state index is 11.0. The summed E-state index contributed by atoms with van der Waals surface area (Å²) in [4.78, 5) is 8.30. The van der Waals surface area contributed by atoms with Crippen LogP contribution in [0.3, 0.4) is 0 Å². The first-order valence-corrected chi connectivity index (χ1v) is 7.24. The molecule has 0 atom stereocenters. The summed E-state index contributed by atoms with van der Waals surface area (Å²) in [5.74, 6) is 0. The third kappa shape index (κ3) is 3.61. The summed E-state index contributed by atoms with van der Waals surface area (Å²) < 4.78 is 24.3. The second-order valence-corrected chi connectivity index (χ2v) is 5.72. The molecule has 94 valence electrons. The first-order valence-electron chi connectivity index (χ1n) is 5.34. The normalized spacial score (nSPS) is 11.4. The van der Waals surface area contributed by atoms with Crippen molar-refractivity contribution >= 4 is 10.0 Å². The Balaban J connectivity index is 2.11. The molecule has 2 rings (SSSR count). The van der Waals surface area contributed by atoms with Gasteiger partial charge in [-0.15, -0.1) is 0 Å². The van der Waals surface area contributed by atoms with E-state index in [4.69, 9.17) is 0 Å². The standard InChI is InChI=1S/C12H13N3O2S/c1-18(16,17)15-8-10-4-5-12(14-7-10)11-3-2-6-13-9-11/h2-7,9,15H,8H2,1H3. The molecule has 2 aromatic heterocycles. The predicted molar refractivity (Wildman–Crippen MR) is 69.2 cm³/mol. The van der Waals surface area contributed by atoms with Gasteiger partial charge in [0.25, 0.3) is 0 Å². The molecule has 0 saturated carbocycles. The van der Waals surface area contributed by atoms with Gasteiger partial charge in [-0.3, -0.25) is 9.97 Å². The van der Waals surface area contributed by atoms with E-state index in [0.29, 0.717) is 0 Å². The Morgan fingerprint density at radius 3 is 2.61 bits per heavy atom. The van der Waals surface area contributed by atoms with Gasteiger partial charge in [-0.1, -0.05) is 6.07 Å². The molecule has 2 aromatic rings. The van der Waals surface area contributed by atoms with E-state index in [1.807, 2.05) is 24.3 Å². The van der Waals surface area contributed by atoms with Crippen LogP contribution in [0.15, 0.2) is 42.9 Å². The Morgan fingerprint density at radius 1 is 1.22 bits per heavy atom. The highest BCUT2D eigenvalue weighted by Gasteiger charge is 2.02. The predicted octanol–water partition coefficient (Wildman–Crippen LogP) is 1.19. The second kappa shape index (κ2) is 5.24. The number of rotatable bonds is 4. The zero-order valence-electron chi connectivity index (χ0n) is 9.87. The number of pyridine rings is 2. The molecule has 0 spiro atoms. The monoisotopic (exact) mass is 263 g/mol. The van der Waals surface area contributed by atoms with Gasteiger partial charge in [0.2, 0.25) is 10.0 Å². The molecule has 2 heterocycles. The first-order chi connectivity index (χ1) is 8.54. The number of nitrogens with one attached hydrogen (secondary N) is 1. The van der Waals surface area contributed by atoms with Gasteiger partial charge in [-0.2, -0.15) is 0 Å². The fourth-order valence-corrected chi connectivity index (χ4v) is 1.86. The maximum atomic E-state index is 11.0. The van der Waals surface area contributed by atoms with Crippen LogP contribution in [0.1, 0.15) is 5.56 Å². The molecule has 0 aliphatic carbocycles. The van der Waals surface area contributed by atoms with Crippen molar-refractivity contribution in [3.05, 3.63) is 48.4 Å². The van der Waals surface area contributed by atoms with Gasteiger partial charge in [0, 0.05) is 30.7 Å². The van der Waals surface area contributed by atoms with E-state index in [1.54, 1.807) is 18.6 Å². The first kappa shape index (κ1) is 12.7. The maximum Gasteiger partial charge on any atom is 0.209 e. The Kier molecular flexibility index (Phi) is 3.69. The highest BCUT2D eigenvalue weighted by Crippen LogP contribution is 2.14. The van der Waals surface area contributed by atoms with E-state index in [9.17, 15) is 8.42 Å². The summed E-state index contributed by atoms with van der Waals surface area (Å²) in [5.41, 5.74) is 2.55. The Labute approximate surface area is 106 Å². The zero-order valence-corrected chi connectivity index (χ0v) is 10.7. The van der Waals surface area contributed by atoms with Crippen molar-refractivity contribution in [1.82, 2.24) is 14.7 Å². The topological polar surface area (TPSA) is 72.0 Å². The van der Waals surface area contributed by atoms with E-state index in [-0.39, 0.29) is 6.54 Å². The molecule has 0 amide bonds. The van der Waals surface area contributed by atoms with Crippen molar-refractivity contribution in [2.75, 3.05) is 6.26 Å². The number of hydrogen-bond donors (Lipinski definition) is 1. The molecular formula is C12H13N3O2S. The van der Waals surface area contributed by atoms with Crippen LogP contribution in [0.5, 0.6) is 0 Å². The smallest absolute Gasteiger partial charge is 0.209 e. The fourth-order valence-electron chi connectivity index (χ4n) is 1.43. The molecule has 1 N–H and O–H groups in total. The van der Waals surface area contributed by atoms with Crippen LogP contribution in [-0.4, -0.2) is 24.6 Å². The minimum Gasteiger partial charge on any atom is -0.264 e. The van der Waals surface area contributed by atoms with Crippen LogP contribution < -0.4 is 4.72 Å². The van der Waals surface area contributed by atoms with Gasteiger partial charge < -0.3 is 0 Å².